The Kier molecular flexibility index (Phi) is 56.4. The molecule has 0 spiro atoms. The van der Waals surface area contributed by atoms with Crippen molar-refractivity contribution in [1.29, 1.82) is 0 Å². The number of nitrogens with zero attached hydrogens (tertiary/aromatic N) is 8. The molecule has 56 heteroatoms. The molecule has 4 aliphatic rings. The van der Waals surface area contributed by atoms with Crippen molar-refractivity contribution >= 4 is 330 Å². The van der Waals surface area contributed by atoms with Crippen molar-refractivity contribution in [1.82, 2.24) is 0 Å². The number of rotatable bonds is 28. The summed E-state index contributed by atoms with van der Waals surface area (Å²) in [6.45, 7) is 11.3. The first-order valence-corrected chi connectivity index (χ1v) is 61.7. The lowest BCUT2D eigenvalue weighted by molar-refractivity contribution is -0.136. The van der Waals surface area contributed by atoms with Gasteiger partial charge < -0.3 is 144 Å². The van der Waals surface area contributed by atoms with Crippen LogP contribution in [0.1, 0.15) is 71.6 Å². The van der Waals surface area contributed by atoms with Gasteiger partial charge in [-0.05, 0) is 64.2 Å². The van der Waals surface area contributed by atoms with Crippen LogP contribution in [0, 0.1) is 0 Å². The number of alkyl halides is 2. The predicted molar refractivity (Wildman–Crippen MR) is 607 cm³/mol. The van der Waals surface area contributed by atoms with E-state index in [2.05, 4.69) is 160 Å². The van der Waals surface area contributed by atoms with Crippen LogP contribution in [0.25, 0.3) is 0 Å². The van der Waals surface area contributed by atoms with Gasteiger partial charge in [-0.25, -0.2) is 21.0 Å². The third-order valence-corrected chi connectivity index (χ3v) is 32.7. The van der Waals surface area contributed by atoms with E-state index >= 15 is 0 Å². The molecule has 139 heavy (non-hydrogen) atoms. The van der Waals surface area contributed by atoms with E-state index in [4.69, 9.17) is 32.5 Å². The summed E-state index contributed by atoms with van der Waals surface area (Å²) in [5.74, 6) is -4.15. The number of fused-ring (bicyclic) bond motifs is 8. The summed E-state index contributed by atoms with van der Waals surface area (Å²) in [5.41, 5.74) is 30.3. The molecule has 4 aliphatic heterocycles. The van der Waals surface area contributed by atoms with Gasteiger partial charge in [0.25, 0.3) is 0 Å². The van der Waals surface area contributed by atoms with Gasteiger partial charge in [-0.1, -0.05) is 52.6 Å². The highest BCUT2D eigenvalue weighted by Crippen LogP contribution is 2.47. The van der Waals surface area contributed by atoms with Crippen molar-refractivity contribution in [2.24, 2.45) is 0 Å². The summed E-state index contributed by atoms with van der Waals surface area (Å²) in [5, 5.41) is 149. The standard InChI is InChI=1S/C22H28N4O8S2.C18H32N4O12P4S2.2C14H20N4S2.C11H16N4S2.C3H6I2.CH4/c27-19(28)7-23-3-1-4-24(8-20(29)30)16-12-36-14-18(16)26(10-22(33)34)6-2-5-25(9-21(31)32)17-13-35-11-15(17)23;23-31-35(27)11-19-3-1-4-20(12-36(28)32-24)16-8-40-10-18(16)22(14-38(30)34-26)6-2-5-21(13-37(29)33-25)17-9-39-7-15(17)19;2*1-3-15-11-7-19-9-13(11)17-5-2-6-18-14-10-20-8-12(14)16-4-1;12-8-4-16-6-10(8)14-2-1-3-15-11-7-17-5-9(11)13;4-2-1-3-5;/h11-14H,1-10H2,(H,27,28)(H,29,30)(H,31,32)(H,33,34);7-10,23-30H,1-6,11-14H2;2*7-10,15-18H,1-6H2;4-7,14-15H,1-3,12-13H2;1-3H2;1H4. The monoisotopic (exact) mass is 2420 g/mol. The molecule has 772 valence electrons. The number of carbonyl (C=O) groups is 4. The van der Waals surface area contributed by atoms with Crippen molar-refractivity contribution in [2.45, 2.75) is 71.6 Å². The molecule has 0 saturated heterocycles. The van der Waals surface area contributed by atoms with Crippen molar-refractivity contribution in [3.63, 3.8) is 0 Å². The largest absolute Gasteiger partial charge is 0.480 e. The van der Waals surface area contributed by atoms with Crippen molar-refractivity contribution in [3.05, 3.63) is 108 Å². The molecule has 0 amide bonds. The molecular weight excluding hydrogens is 2300 g/mol. The lowest BCUT2D eigenvalue weighted by Crippen LogP contribution is -2.39. The van der Waals surface area contributed by atoms with E-state index in [0.29, 0.717) is 124 Å². The zero-order chi connectivity index (χ0) is 98.8. The number of thiophene rings is 10. The SMILES string of the molecule is C.ICCCI.Nc1cscc1NCCCNc1cscc1N.O=C(O)CN1CCCN(CC(=O)O)c2cscc2N(CC(=O)O)CCCN(CC(=O)O)c2cscc21.OOP(O)CN1CCCN(CP(O)OO)c2cscc2N(CP(O)OO)CCCN(CP(O)OO)c2cscc21.c1scc2c1NCCCNc1cscc1NCCCN2.c1scc2c1NCCCNc1cscc1NCCCN2. The number of aliphatic carboxylic acids is 4. The maximum absolute atomic E-state index is 11.6. The first-order chi connectivity index (χ1) is 67.0. The van der Waals surface area contributed by atoms with Crippen LogP contribution in [0.3, 0.4) is 0 Å². The van der Waals surface area contributed by atoms with Crippen LogP contribution in [0.4, 0.5) is 114 Å². The molecule has 0 saturated carbocycles. The first-order valence-electron chi connectivity index (χ1n) is 43.6. The highest BCUT2D eigenvalue weighted by Gasteiger charge is 2.31. The Hall–Kier alpha value is -6.42. The Labute approximate surface area is 881 Å². The Bertz CT molecular complexity index is 4460. The van der Waals surface area contributed by atoms with Gasteiger partial charge in [0, 0.05) is 234 Å². The molecule has 0 radical (unpaired) electrons. The van der Waals surface area contributed by atoms with Crippen LogP contribution in [-0.4, -0.2) is 263 Å². The molecule has 26 N–H and O–H groups in total. The number of nitrogens with two attached hydrogens (primary N) is 2. The normalized spacial score (nSPS) is 15.6. The van der Waals surface area contributed by atoms with E-state index in [9.17, 15) is 59.2 Å². The second-order valence-electron chi connectivity index (χ2n) is 30.6. The van der Waals surface area contributed by atoms with Crippen LogP contribution >= 0.6 is 192 Å². The second kappa shape index (κ2) is 66.6. The lowest BCUT2D eigenvalue weighted by Gasteiger charge is -2.35. The zero-order valence-corrected chi connectivity index (χ0v) is 91.5. The van der Waals surface area contributed by atoms with Crippen LogP contribution in [-0.2, 0) is 37.9 Å². The third kappa shape index (κ3) is 41.2. The minimum atomic E-state index is -2.18. The number of nitrogens with one attached hydrogen (secondary N) is 10. The molecule has 40 nitrogen and oxygen atoms in total. The Morgan fingerprint density at radius 1 is 0.302 bits per heavy atom. The van der Waals surface area contributed by atoms with Crippen molar-refractivity contribution in [2.75, 3.05) is 282 Å². The van der Waals surface area contributed by atoms with E-state index in [-0.39, 0.29) is 58.7 Å². The maximum Gasteiger partial charge on any atom is 0.323 e. The maximum atomic E-state index is 11.6. The summed E-state index contributed by atoms with van der Waals surface area (Å²) < 4.78 is 19.3. The fourth-order valence-corrected chi connectivity index (χ4v) is 27.0. The number of hydrogen-bond acceptors (Lipinski definition) is 46. The van der Waals surface area contributed by atoms with Crippen LogP contribution in [0.2, 0.25) is 0 Å². The van der Waals surface area contributed by atoms with Gasteiger partial charge in [0.2, 0.25) is 33.5 Å². The van der Waals surface area contributed by atoms with Gasteiger partial charge in [0.15, 0.2) is 0 Å². The predicted octanol–water partition coefficient (Wildman–Crippen LogP) is 20.1. The summed E-state index contributed by atoms with van der Waals surface area (Å²) in [6, 6.07) is 0. The second-order valence-corrected chi connectivity index (χ2v) is 44.8. The van der Waals surface area contributed by atoms with Crippen molar-refractivity contribution in [3.8, 4) is 0 Å². The number of hydrogen-bond donors (Lipinski definition) is 24. The smallest absolute Gasteiger partial charge is 0.323 e. The minimum absolute atomic E-state index is 0. The molecule has 0 aliphatic carbocycles. The Morgan fingerprint density at radius 2 is 0.489 bits per heavy atom. The first kappa shape index (κ1) is 118. The van der Waals surface area contributed by atoms with E-state index in [1.54, 1.807) is 109 Å². The summed E-state index contributed by atoms with van der Waals surface area (Å²) in [7, 11) is -8.73. The van der Waals surface area contributed by atoms with E-state index < -0.39 is 57.4 Å². The van der Waals surface area contributed by atoms with Gasteiger partial charge in [-0.15, -0.1) is 113 Å². The van der Waals surface area contributed by atoms with Gasteiger partial charge in [0.1, 0.15) is 26.2 Å². The van der Waals surface area contributed by atoms with E-state index in [0.717, 1.165) is 120 Å². The molecule has 0 fully saturated rings. The zero-order valence-electron chi connectivity index (χ0n) is 75.4. The van der Waals surface area contributed by atoms with Gasteiger partial charge >= 0.3 is 23.9 Å². The fourth-order valence-electron chi connectivity index (χ4n) is 14.3. The summed E-state index contributed by atoms with van der Waals surface area (Å²) in [4.78, 5) is 101. The molecule has 4 atom stereocenters. The molecule has 4 unspecified atom stereocenters. The Morgan fingerprint density at radius 3 is 0.662 bits per heavy atom. The summed E-state index contributed by atoms with van der Waals surface area (Å²) >= 11 is 20.4. The lowest BCUT2D eigenvalue weighted by atomic mass is 10.2. The van der Waals surface area contributed by atoms with Crippen LogP contribution < -0.4 is 104 Å². The van der Waals surface area contributed by atoms with Crippen molar-refractivity contribution < 1.29 is 98.9 Å². The minimum Gasteiger partial charge on any atom is -0.480 e. The summed E-state index contributed by atoms with van der Waals surface area (Å²) in [6.07, 6.45) is 8.55. The Balaban J connectivity index is 0.000000217. The van der Waals surface area contributed by atoms with Crippen LogP contribution in [0.15, 0.2) is 108 Å². The molecule has 0 bridgehead atoms. The highest BCUT2D eigenvalue weighted by atomic mass is 127. The average Bonchev–Trinajstić information content (AvgIpc) is 1.71. The van der Waals surface area contributed by atoms with Gasteiger partial charge in [-0.2, -0.15) is 18.7 Å². The van der Waals surface area contributed by atoms with Crippen LogP contribution in [0.5, 0.6) is 0 Å². The number of carboxylic acids is 4. The van der Waals surface area contributed by atoms with Gasteiger partial charge in [0.05, 0.1) is 139 Å². The molecule has 10 aromatic heterocycles. The molecule has 0 aromatic carbocycles. The number of halogens is 2. The number of nitrogen functional groups attached to an aromatic ring is 2. The topological polar surface area (TPSA) is 546 Å². The quantitative estimate of drug-likeness (QED) is 0.00541. The van der Waals surface area contributed by atoms with Gasteiger partial charge in [-0.3, -0.25) is 19.2 Å². The number of anilines is 20. The highest BCUT2D eigenvalue weighted by molar-refractivity contribution is 14.1. The fraction of sp³-hybridized carbons (Fsp3) is 0.470. The average molecular weight is 2420 g/mol. The molecular formula is C83H126I2N20O20P4S10. The van der Waals surface area contributed by atoms with E-state index in [1.807, 2.05) is 62.6 Å². The third-order valence-electron chi connectivity index (χ3n) is 20.7. The molecule has 14 heterocycles. The molecule has 14 rings (SSSR count). The molecule has 10 aromatic rings. The number of carboxylic acid groups (broad SMARTS) is 4. The van der Waals surface area contributed by atoms with E-state index in [1.165, 1.54) is 106 Å².